The van der Waals surface area contributed by atoms with Crippen LogP contribution >= 0.6 is 0 Å². The Morgan fingerprint density at radius 2 is 2.50 bits per heavy atom. The molecule has 0 spiro atoms. The Balaban J connectivity index is 2.17. The van der Waals surface area contributed by atoms with Crippen molar-refractivity contribution in [2.45, 2.75) is 13.5 Å². The van der Waals surface area contributed by atoms with E-state index in [2.05, 4.69) is 10.1 Å². The summed E-state index contributed by atoms with van der Waals surface area (Å²) in [5.74, 6) is 0.0453. The topological polar surface area (TPSA) is 93.9 Å². The van der Waals surface area contributed by atoms with Crippen LogP contribution < -0.4 is 0 Å². The molecule has 0 unspecified atom stereocenters. The van der Waals surface area contributed by atoms with Crippen LogP contribution in [0.4, 0.5) is 0 Å². The molecule has 18 heavy (non-hydrogen) atoms. The third-order valence-electron chi connectivity index (χ3n) is 2.18. The van der Waals surface area contributed by atoms with Crippen molar-refractivity contribution in [1.82, 2.24) is 14.8 Å². The summed E-state index contributed by atoms with van der Waals surface area (Å²) in [6, 6.07) is 3.36. The summed E-state index contributed by atoms with van der Waals surface area (Å²) in [5.41, 5.74) is 0.353. The highest BCUT2D eigenvalue weighted by atomic mass is 16.5. The lowest BCUT2D eigenvalue weighted by Crippen LogP contribution is -2.09. The van der Waals surface area contributed by atoms with Crippen molar-refractivity contribution in [2.75, 3.05) is 6.61 Å². The van der Waals surface area contributed by atoms with E-state index >= 15 is 0 Å². The van der Waals surface area contributed by atoms with Crippen LogP contribution in [0.25, 0.3) is 0 Å². The second kappa shape index (κ2) is 5.14. The maximum absolute atomic E-state index is 11.6. The van der Waals surface area contributed by atoms with Crippen LogP contribution in [0.2, 0.25) is 0 Å². The highest BCUT2D eigenvalue weighted by Gasteiger charge is 2.16. The maximum Gasteiger partial charge on any atom is 0.341 e. The lowest BCUT2D eigenvalue weighted by molar-refractivity contribution is 0.0523. The van der Waals surface area contributed by atoms with Crippen molar-refractivity contribution >= 4 is 5.97 Å². The molecule has 0 saturated carbocycles. The Bertz CT molecular complexity index is 593. The first-order valence-electron chi connectivity index (χ1n) is 5.27. The first-order chi connectivity index (χ1) is 8.74. The number of hydrogen-bond donors (Lipinski definition) is 0. The third-order valence-corrected chi connectivity index (χ3v) is 2.18. The molecular weight excluding hydrogens is 236 g/mol. The number of aromatic nitrogens is 3. The number of furan rings is 1. The number of nitrogens with zero attached hydrogens (tertiary/aromatic N) is 4. The number of carbonyl (C=O) groups is 1. The molecule has 0 amide bonds. The summed E-state index contributed by atoms with van der Waals surface area (Å²) in [6.07, 6.45) is 2.81. The van der Waals surface area contributed by atoms with Crippen LogP contribution in [-0.4, -0.2) is 27.3 Å². The van der Waals surface area contributed by atoms with Crippen LogP contribution in [-0.2, 0) is 11.3 Å². The monoisotopic (exact) mass is 246 g/mol. The minimum absolute atomic E-state index is 0.0687. The fraction of sp³-hybridized carbons (Fsp3) is 0.273. The number of rotatable bonds is 4. The van der Waals surface area contributed by atoms with Crippen molar-refractivity contribution in [3.63, 3.8) is 0 Å². The third kappa shape index (κ3) is 2.38. The van der Waals surface area contributed by atoms with Gasteiger partial charge in [0.2, 0.25) is 0 Å². The van der Waals surface area contributed by atoms with E-state index in [-0.39, 0.29) is 12.4 Å². The molecule has 0 saturated heterocycles. The molecule has 2 aromatic heterocycles. The quantitative estimate of drug-likeness (QED) is 0.746. The fourth-order valence-corrected chi connectivity index (χ4v) is 1.42. The second-order valence-electron chi connectivity index (χ2n) is 3.36. The Morgan fingerprint density at radius 3 is 3.17 bits per heavy atom. The molecule has 2 rings (SSSR count). The van der Waals surface area contributed by atoms with E-state index in [9.17, 15) is 4.79 Å². The van der Waals surface area contributed by atoms with Gasteiger partial charge in [0.1, 0.15) is 30.3 Å². The van der Waals surface area contributed by atoms with Crippen molar-refractivity contribution in [1.29, 1.82) is 5.26 Å². The van der Waals surface area contributed by atoms with Crippen LogP contribution in [0.15, 0.2) is 23.1 Å². The van der Waals surface area contributed by atoms with Gasteiger partial charge >= 0.3 is 5.97 Å². The number of hydrogen-bond acceptors (Lipinski definition) is 6. The van der Waals surface area contributed by atoms with E-state index in [0.717, 1.165) is 0 Å². The van der Waals surface area contributed by atoms with E-state index in [0.29, 0.717) is 17.9 Å². The van der Waals surface area contributed by atoms with Gasteiger partial charge in [-0.2, -0.15) is 5.26 Å². The van der Waals surface area contributed by atoms with E-state index < -0.39 is 5.97 Å². The van der Waals surface area contributed by atoms with Gasteiger partial charge < -0.3 is 9.15 Å². The molecule has 2 heterocycles. The lowest BCUT2D eigenvalue weighted by Gasteiger charge is -2.02. The Hall–Kier alpha value is -2.62. The predicted octanol–water partition coefficient (Wildman–Crippen LogP) is 0.968. The van der Waals surface area contributed by atoms with E-state index in [1.165, 1.54) is 23.3 Å². The van der Waals surface area contributed by atoms with Crippen LogP contribution in [0, 0.1) is 11.3 Å². The van der Waals surface area contributed by atoms with Gasteiger partial charge in [-0.1, -0.05) is 0 Å². The minimum atomic E-state index is -0.443. The smallest absolute Gasteiger partial charge is 0.341 e. The normalized spacial score (nSPS) is 10.0. The molecule has 0 aliphatic rings. The highest BCUT2D eigenvalue weighted by Crippen LogP contribution is 2.13. The Labute approximate surface area is 103 Å². The summed E-state index contributed by atoms with van der Waals surface area (Å²) in [5, 5.41) is 12.5. The van der Waals surface area contributed by atoms with Crippen LogP contribution in [0.3, 0.4) is 0 Å². The largest absolute Gasteiger partial charge is 0.466 e. The van der Waals surface area contributed by atoms with Crippen LogP contribution in [0.5, 0.6) is 0 Å². The van der Waals surface area contributed by atoms with Crippen LogP contribution in [0.1, 0.15) is 28.9 Å². The summed E-state index contributed by atoms with van der Waals surface area (Å²) >= 11 is 0. The molecule has 0 aliphatic carbocycles. The number of nitriles is 1. The zero-order valence-corrected chi connectivity index (χ0v) is 9.66. The molecule has 0 aromatic carbocycles. The van der Waals surface area contributed by atoms with E-state index in [1.54, 1.807) is 6.92 Å². The van der Waals surface area contributed by atoms with Gasteiger partial charge in [-0.15, -0.1) is 5.10 Å². The molecule has 0 fully saturated rings. The summed E-state index contributed by atoms with van der Waals surface area (Å²) in [4.78, 5) is 15.4. The standard InChI is InChI=1S/C11H10N4O3/c1-2-17-11(16)8-3-4-18-9(8)6-15-7-13-10(5-12)14-15/h3-4,7H,2,6H2,1H3. The average molecular weight is 246 g/mol. The highest BCUT2D eigenvalue weighted by molar-refractivity contribution is 5.90. The summed E-state index contributed by atoms with van der Waals surface area (Å²) in [7, 11) is 0. The molecule has 7 nitrogen and oxygen atoms in total. The molecule has 2 aromatic rings. The van der Waals surface area contributed by atoms with Crippen molar-refractivity contribution in [2.24, 2.45) is 0 Å². The second-order valence-corrected chi connectivity index (χ2v) is 3.36. The molecule has 0 radical (unpaired) electrons. The lowest BCUT2D eigenvalue weighted by atomic mass is 10.2. The summed E-state index contributed by atoms with van der Waals surface area (Å²) < 4.78 is 11.5. The molecule has 7 heteroatoms. The maximum atomic E-state index is 11.6. The van der Waals surface area contributed by atoms with Crippen molar-refractivity contribution < 1.29 is 13.9 Å². The summed E-state index contributed by atoms with van der Waals surface area (Å²) in [6.45, 7) is 2.25. The minimum Gasteiger partial charge on any atom is -0.466 e. The van der Waals surface area contributed by atoms with E-state index in [4.69, 9.17) is 14.4 Å². The van der Waals surface area contributed by atoms with Gasteiger partial charge in [-0.3, -0.25) is 0 Å². The first kappa shape index (κ1) is 11.9. The molecule has 0 aliphatic heterocycles. The number of esters is 1. The van der Waals surface area contributed by atoms with Gasteiger partial charge in [0.15, 0.2) is 0 Å². The molecular formula is C11H10N4O3. The average Bonchev–Trinajstić information content (AvgIpc) is 2.99. The van der Waals surface area contributed by atoms with E-state index in [1.807, 2.05) is 6.07 Å². The molecule has 92 valence electrons. The van der Waals surface area contributed by atoms with Gasteiger partial charge in [-0.25, -0.2) is 14.5 Å². The first-order valence-corrected chi connectivity index (χ1v) is 5.27. The SMILES string of the molecule is CCOC(=O)c1ccoc1Cn1cnc(C#N)n1. The predicted molar refractivity (Wildman–Crippen MR) is 58.5 cm³/mol. The fourth-order valence-electron chi connectivity index (χ4n) is 1.42. The van der Waals surface area contributed by atoms with Crippen molar-refractivity contribution in [3.05, 3.63) is 35.8 Å². The zero-order chi connectivity index (χ0) is 13.0. The number of carbonyl (C=O) groups excluding carboxylic acids is 1. The van der Waals surface area contributed by atoms with Gasteiger partial charge in [0, 0.05) is 0 Å². The van der Waals surface area contributed by atoms with Gasteiger partial charge in [0.25, 0.3) is 5.82 Å². The van der Waals surface area contributed by atoms with Crippen molar-refractivity contribution in [3.8, 4) is 6.07 Å². The molecule has 0 atom stereocenters. The molecule has 0 bridgehead atoms. The Morgan fingerprint density at radius 1 is 1.67 bits per heavy atom. The Kier molecular flexibility index (Phi) is 3.38. The number of ether oxygens (including phenoxy) is 1. The molecule has 0 N–H and O–H groups in total. The van der Waals surface area contributed by atoms with Gasteiger partial charge in [0.05, 0.1) is 12.9 Å². The van der Waals surface area contributed by atoms with Gasteiger partial charge in [-0.05, 0) is 13.0 Å². The zero-order valence-electron chi connectivity index (χ0n) is 9.66.